The third-order valence-corrected chi connectivity index (χ3v) is 4.12. The standard InChI is InChI=1S/C13H16O2S/c1-3-12(2)8-7-11-16(14,15)13-9-5-4-6-10-13/h3-6,9-10H,1-2,7-8,11H2. The van der Waals surface area contributed by atoms with Gasteiger partial charge >= 0.3 is 0 Å². The van der Waals surface area contributed by atoms with Gasteiger partial charge in [-0.2, -0.15) is 0 Å². The van der Waals surface area contributed by atoms with Crippen LogP contribution in [-0.4, -0.2) is 14.2 Å². The molecule has 0 fully saturated rings. The molecular formula is C13H16O2S. The molecule has 1 aromatic rings. The lowest BCUT2D eigenvalue weighted by atomic mass is 10.2. The Morgan fingerprint density at radius 1 is 1.25 bits per heavy atom. The van der Waals surface area contributed by atoms with Crippen molar-refractivity contribution < 1.29 is 8.42 Å². The average Bonchev–Trinajstić information content (AvgIpc) is 2.30. The molecule has 0 radical (unpaired) electrons. The van der Waals surface area contributed by atoms with Crippen molar-refractivity contribution >= 4 is 9.84 Å². The number of rotatable bonds is 6. The van der Waals surface area contributed by atoms with Crippen LogP contribution in [0.4, 0.5) is 0 Å². The molecule has 0 bridgehead atoms. The molecule has 0 atom stereocenters. The van der Waals surface area contributed by atoms with Gasteiger partial charge in [0.15, 0.2) is 9.84 Å². The van der Waals surface area contributed by atoms with Gasteiger partial charge in [0.1, 0.15) is 0 Å². The Morgan fingerprint density at radius 2 is 1.88 bits per heavy atom. The lowest BCUT2D eigenvalue weighted by Crippen LogP contribution is -2.06. The van der Waals surface area contributed by atoms with E-state index in [1.807, 2.05) is 0 Å². The Balaban J connectivity index is 2.60. The molecule has 0 aliphatic heterocycles. The molecule has 16 heavy (non-hydrogen) atoms. The van der Waals surface area contributed by atoms with Crippen molar-refractivity contribution in [3.05, 3.63) is 55.1 Å². The fourth-order valence-electron chi connectivity index (χ4n) is 1.34. The minimum absolute atomic E-state index is 0.157. The fraction of sp³-hybridized carbons (Fsp3) is 0.231. The second-order valence-electron chi connectivity index (χ2n) is 3.60. The van der Waals surface area contributed by atoms with Crippen LogP contribution in [0.2, 0.25) is 0 Å². The van der Waals surface area contributed by atoms with Crippen LogP contribution in [0, 0.1) is 0 Å². The van der Waals surface area contributed by atoms with Crippen molar-refractivity contribution in [2.45, 2.75) is 17.7 Å². The summed E-state index contributed by atoms with van der Waals surface area (Å²) in [6.45, 7) is 7.34. The van der Waals surface area contributed by atoms with Crippen LogP contribution < -0.4 is 0 Å². The first-order valence-electron chi connectivity index (χ1n) is 5.14. The third-order valence-electron chi connectivity index (χ3n) is 2.30. The monoisotopic (exact) mass is 236 g/mol. The summed E-state index contributed by atoms with van der Waals surface area (Å²) >= 11 is 0. The second kappa shape index (κ2) is 5.66. The van der Waals surface area contributed by atoms with Gasteiger partial charge in [-0.1, -0.05) is 43.0 Å². The highest BCUT2D eigenvalue weighted by atomic mass is 32.2. The topological polar surface area (TPSA) is 34.1 Å². The second-order valence-corrected chi connectivity index (χ2v) is 5.71. The fourth-order valence-corrected chi connectivity index (χ4v) is 2.67. The molecule has 0 saturated heterocycles. The Morgan fingerprint density at radius 3 is 2.44 bits per heavy atom. The number of allylic oxidation sites excluding steroid dienone is 2. The third kappa shape index (κ3) is 3.66. The molecule has 1 rings (SSSR count). The van der Waals surface area contributed by atoms with Gasteiger partial charge in [-0.05, 0) is 25.0 Å². The van der Waals surface area contributed by atoms with Crippen molar-refractivity contribution in [2.75, 3.05) is 5.75 Å². The van der Waals surface area contributed by atoms with Crippen molar-refractivity contribution in [3.63, 3.8) is 0 Å². The highest BCUT2D eigenvalue weighted by Crippen LogP contribution is 2.13. The van der Waals surface area contributed by atoms with E-state index in [4.69, 9.17) is 0 Å². The van der Waals surface area contributed by atoms with E-state index in [-0.39, 0.29) is 5.75 Å². The normalized spacial score (nSPS) is 11.0. The Bertz CT molecular complexity index is 458. The highest BCUT2D eigenvalue weighted by Gasteiger charge is 2.12. The van der Waals surface area contributed by atoms with E-state index in [2.05, 4.69) is 13.2 Å². The minimum Gasteiger partial charge on any atom is -0.224 e. The maximum Gasteiger partial charge on any atom is 0.178 e. The molecule has 0 amide bonds. The van der Waals surface area contributed by atoms with Gasteiger partial charge in [0.2, 0.25) is 0 Å². The SMILES string of the molecule is C=CC(=C)CCCS(=O)(=O)c1ccccc1. The van der Waals surface area contributed by atoms with E-state index in [1.54, 1.807) is 36.4 Å². The Hall–Kier alpha value is -1.35. The van der Waals surface area contributed by atoms with E-state index < -0.39 is 9.84 Å². The molecule has 0 spiro atoms. The summed E-state index contributed by atoms with van der Waals surface area (Å²) in [5, 5.41) is 0. The van der Waals surface area contributed by atoms with E-state index >= 15 is 0 Å². The summed E-state index contributed by atoms with van der Waals surface area (Å²) in [6, 6.07) is 8.51. The van der Waals surface area contributed by atoms with Gasteiger partial charge in [0, 0.05) is 0 Å². The maximum atomic E-state index is 11.8. The number of hydrogen-bond donors (Lipinski definition) is 0. The molecule has 86 valence electrons. The van der Waals surface area contributed by atoms with E-state index in [9.17, 15) is 8.42 Å². The van der Waals surface area contributed by atoms with E-state index in [0.29, 0.717) is 17.7 Å². The summed E-state index contributed by atoms with van der Waals surface area (Å²) in [6.07, 6.45) is 2.92. The Labute approximate surface area is 97.2 Å². The molecule has 0 aromatic heterocycles. The summed E-state index contributed by atoms with van der Waals surface area (Å²) < 4.78 is 23.7. The number of benzene rings is 1. The molecule has 0 N–H and O–H groups in total. The van der Waals surface area contributed by atoms with Gasteiger partial charge in [0.05, 0.1) is 10.6 Å². The lowest BCUT2D eigenvalue weighted by Gasteiger charge is -2.04. The average molecular weight is 236 g/mol. The van der Waals surface area contributed by atoms with Crippen LogP contribution in [0.1, 0.15) is 12.8 Å². The molecule has 1 aromatic carbocycles. The number of hydrogen-bond acceptors (Lipinski definition) is 2. The Kier molecular flexibility index (Phi) is 4.50. The van der Waals surface area contributed by atoms with E-state index in [1.165, 1.54) is 0 Å². The smallest absolute Gasteiger partial charge is 0.178 e. The lowest BCUT2D eigenvalue weighted by molar-refractivity contribution is 0.593. The van der Waals surface area contributed by atoms with Gasteiger partial charge in [-0.25, -0.2) is 8.42 Å². The first-order valence-corrected chi connectivity index (χ1v) is 6.79. The van der Waals surface area contributed by atoms with Gasteiger partial charge in [-0.15, -0.1) is 0 Å². The zero-order valence-electron chi connectivity index (χ0n) is 9.22. The first kappa shape index (κ1) is 12.7. The quantitative estimate of drug-likeness (QED) is 0.712. The van der Waals surface area contributed by atoms with Gasteiger partial charge in [-0.3, -0.25) is 0 Å². The van der Waals surface area contributed by atoms with Crippen LogP contribution in [0.15, 0.2) is 60.0 Å². The molecule has 0 unspecified atom stereocenters. The minimum atomic E-state index is -3.14. The summed E-state index contributed by atoms with van der Waals surface area (Å²) in [4.78, 5) is 0.388. The molecule has 0 heterocycles. The largest absolute Gasteiger partial charge is 0.224 e. The van der Waals surface area contributed by atoms with Gasteiger partial charge < -0.3 is 0 Å². The number of sulfone groups is 1. The van der Waals surface area contributed by atoms with Crippen LogP contribution in [-0.2, 0) is 9.84 Å². The van der Waals surface area contributed by atoms with Crippen molar-refractivity contribution in [1.29, 1.82) is 0 Å². The van der Waals surface area contributed by atoms with Crippen LogP contribution in [0.3, 0.4) is 0 Å². The predicted molar refractivity (Wildman–Crippen MR) is 67.1 cm³/mol. The van der Waals surface area contributed by atoms with Crippen LogP contribution >= 0.6 is 0 Å². The van der Waals surface area contributed by atoms with Gasteiger partial charge in [0.25, 0.3) is 0 Å². The summed E-state index contributed by atoms with van der Waals surface area (Å²) in [7, 11) is -3.14. The maximum absolute atomic E-state index is 11.8. The zero-order chi connectivity index (χ0) is 12.0. The van der Waals surface area contributed by atoms with Crippen molar-refractivity contribution in [2.24, 2.45) is 0 Å². The first-order chi connectivity index (χ1) is 7.56. The molecule has 0 saturated carbocycles. The summed E-state index contributed by atoms with van der Waals surface area (Å²) in [5.41, 5.74) is 0.878. The highest BCUT2D eigenvalue weighted by molar-refractivity contribution is 7.91. The summed E-state index contributed by atoms with van der Waals surface area (Å²) in [5.74, 6) is 0.157. The molecule has 3 heteroatoms. The molecule has 0 aliphatic rings. The molecule has 2 nitrogen and oxygen atoms in total. The van der Waals surface area contributed by atoms with Crippen LogP contribution in [0.5, 0.6) is 0 Å². The zero-order valence-corrected chi connectivity index (χ0v) is 10.0. The molecular weight excluding hydrogens is 220 g/mol. The van der Waals surface area contributed by atoms with E-state index in [0.717, 1.165) is 5.57 Å². The van der Waals surface area contributed by atoms with Crippen molar-refractivity contribution in [1.82, 2.24) is 0 Å². The predicted octanol–water partition coefficient (Wildman–Crippen LogP) is 2.98. The van der Waals surface area contributed by atoms with Crippen molar-refractivity contribution in [3.8, 4) is 0 Å². The molecule has 0 aliphatic carbocycles. The van der Waals surface area contributed by atoms with Crippen LogP contribution in [0.25, 0.3) is 0 Å².